The highest BCUT2D eigenvalue weighted by molar-refractivity contribution is 5.91. The first kappa shape index (κ1) is 12.9. The lowest BCUT2D eigenvalue weighted by molar-refractivity contribution is 0.0640. The lowest BCUT2D eigenvalue weighted by atomic mass is 10.00. The number of nitrogens with two attached hydrogens (primary N) is 1. The van der Waals surface area contributed by atoms with Gasteiger partial charge in [-0.05, 0) is 44.9 Å². The molecule has 0 aromatic heterocycles. The molecular weight excluding hydrogens is 228 g/mol. The van der Waals surface area contributed by atoms with Crippen molar-refractivity contribution >= 4 is 11.8 Å². The number of hydrogen-bond donors (Lipinski definition) is 1. The summed E-state index contributed by atoms with van der Waals surface area (Å²) in [6.45, 7) is 5.19. The lowest BCUT2D eigenvalue weighted by Gasteiger charge is -2.21. The van der Waals surface area contributed by atoms with Crippen molar-refractivity contribution < 1.29 is 9.53 Å². The van der Waals surface area contributed by atoms with Crippen LogP contribution in [0.1, 0.15) is 25.3 Å². The molecule has 4 heteroatoms. The Morgan fingerprint density at radius 3 is 2.83 bits per heavy atom. The van der Waals surface area contributed by atoms with Crippen LogP contribution in [0.25, 0.3) is 0 Å². The maximum atomic E-state index is 12.0. The first-order valence-electron chi connectivity index (χ1n) is 6.32. The zero-order valence-corrected chi connectivity index (χ0v) is 11.0. The molecule has 1 saturated heterocycles. The van der Waals surface area contributed by atoms with E-state index in [1.54, 1.807) is 4.90 Å². The largest absolute Gasteiger partial charge is 0.441 e. The summed E-state index contributed by atoms with van der Waals surface area (Å²) in [5.74, 6) is 0. The number of amides is 1. The second-order valence-electron chi connectivity index (χ2n) is 5.08. The molecule has 1 aromatic rings. The quantitative estimate of drug-likeness (QED) is 0.890. The molecular formula is C14H20N2O2. The van der Waals surface area contributed by atoms with E-state index in [0.29, 0.717) is 13.1 Å². The van der Waals surface area contributed by atoms with Gasteiger partial charge in [-0.3, -0.25) is 4.90 Å². The molecule has 1 aliphatic rings. The van der Waals surface area contributed by atoms with Gasteiger partial charge in [0.05, 0.1) is 12.2 Å². The number of rotatable bonds is 4. The second kappa shape index (κ2) is 4.98. The van der Waals surface area contributed by atoms with Crippen LogP contribution in [0.5, 0.6) is 0 Å². The van der Waals surface area contributed by atoms with E-state index >= 15 is 0 Å². The van der Waals surface area contributed by atoms with E-state index in [1.165, 1.54) is 0 Å². The van der Waals surface area contributed by atoms with Crippen LogP contribution in [-0.2, 0) is 4.74 Å². The van der Waals surface area contributed by atoms with Gasteiger partial charge in [0, 0.05) is 0 Å². The van der Waals surface area contributed by atoms with E-state index < -0.39 is 5.60 Å². The molecule has 1 unspecified atom stereocenters. The predicted molar refractivity (Wildman–Crippen MR) is 71.7 cm³/mol. The summed E-state index contributed by atoms with van der Waals surface area (Å²) in [6, 6.07) is 7.85. The maximum Gasteiger partial charge on any atom is 0.415 e. The van der Waals surface area contributed by atoms with Crippen LogP contribution in [0.4, 0.5) is 10.5 Å². The van der Waals surface area contributed by atoms with Crippen LogP contribution >= 0.6 is 0 Å². The summed E-state index contributed by atoms with van der Waals surface area (Å²) in [7, 11) is 0. The fraction of sp³-hybridized carbons (Fsp3) is 0.500. The number of aryl methyl sites for hydroxylation is 1. The molecule has 1 fully saturated rings. The number of cyclic esters (lactones) is 1. The molecule has 4 nitrogen and oxygen atoms in total. The van der Waals surface area contributed by atoms with Crippen LogP contribution in [0.15, 0.2) is 24.3 Å². The van der Waals surface area contributed by atoms with Crippen LogP contribution < -0.4 is 10.6 Å². The van der Waals surface area contributed by atoms with Crippen molar-refractivity contribution in [2.75, 3.05) is 18.0 Å². The highest BCUT2D eigenvalue weighted by atomic mass is 16.6. The van der Waals surface area contributed by atoms with Gasteiger partial charge in [0.15, 0.2) is 0 Å². The number of hydrogen-bond acceptors (Lipinski definition) is 3. The number of para-hydroxylation sites is 1. The summed E-state index contributed by atoms with van der Waals surface area (Å²) >= 11 is 0. The van der Waals surface area contributed by atoms with Crippen LogP contribution in [0.3, 0.4) is 0 Å². The molecule has 0 saturated carbocycles. The Balaban J connectivity index is 2.17. The third kappa shape index (κ3) is 2.48. The zero-order chi connectivity index (χ0) is 13.2. The van der Waals surface area contributed by atoms with Gasteiger partial charge in [0.1, 0.15) is 5.60 Å². The van der Waals surface area contributed by atoms with Crippen LogP contribution in [-0.4, -0.2) is 24.8 Å². The van der Waals surface area contributed by atoms with Crippen molar-refractivity contribution in [1.29, 1.82) is 0 Å². The average Bonchev–Trinajstić information content (AvgIpc) is 2.64. The molecule has 1 aromatic carbocycles. The minimum atomic E-state index is -0.418. The summed E-state index contributed by atoms with van der Waals surface area (Å²) in [5, 5.41) is 0. The molecule has 1 amide bonds. The minimum absolute atomic E-state index is 0.260. The number of carbonyl (C=O) groups excluding carboxylic acids is 1. The SMILES string of the molecule is Cc1ccccc1N1CC(C)(CCCN)OC1=O. The Kier molecular flexibility index (Phi) is 3.57. The van der Waals surface area contributed by atoms with Crippen molar-refractivity contribution in [3.05, 3.63) is 29.8 Å². The summed E-state index contributed by atoms with van der Waals surface area (Å²) in [4.78, 5) is 13.7. The third-order valence-electron chi connectivity index (χ3n) is 3.36. The Bertz CT molecular complexity index is 447. The molecule has 0 aliphatic carbocycles. The third-order valence-corrected chi connectivity index (χ3v) is 3.36. The molecule has 18 heavy (non-hydrogen) atoms. The van der Waals surface area contributed by atoms with E-state index in [9.17, 15) is 4.79 Å². The van der Waals surface area contributed by atoms with Gasteiger partial charge >= 0.3 is 6.09 Å². The number of carbonyl (C=O) groups is 1. The lowest BCUT2D eigenvalue weighted by Crippen LogP contribution is -2.32. The summed E-state index contributed by atoms with van der Waals surface area (Å²) in [6.07, 6.45) is 1.41. The van der Waals surface area contributed by atoms with Crippen molar-refractivity contribution in [2.45, 2.75) is 32.3 Å². The van der Waals surface area contributed by atoms with Crippen LogP contribution in [0, 0.1) is 6.92 Å². The van der Waals surface area contributed by atoms with Gasteiger partial charge in [-0.2, -0.15) is 0 Å². The summed E-state index contributed by atoms with van der Waals surface area (Å²) < 4.78 is 5.50. The van der Waals surface area contributed by atoms with Gasteiger partial charge in [-0.25, -0.2) is 4.79 Å². The van der Waals surface area contributed by atoms with E-state index in [4.69, 9.17) is 10.5 Å². The van der Waals surface area contributed by atoms with Gasteiger partial charge in [-0.15, -0.1) is 0 Å². The van der Waals surface area contributed by atoms with Crippen molar-refractivity contribution in [1.82, 2.24) is 0 Å². The predicted octanol–water partition coefficient (Wildman–Crippen LogP) is 2.45. The standard InChI is InChI=1S/C14H20N2O2/c1-11-6-3-4-7-12(11)16-10-14(2,8-5-9-15)18-13(16)17/h3-4,6-7H,5,8-10,15H2,1-2H3. The van der Waals surface area contributed by atoms with E-state index in [-0.39, 0.29) is 6.09 Å². The molecule has 0 spiro atoms. The Hall–Kier alpha value is -1.55. The zero-order valence-electron chi connectivity index (χ0n) is 11.0. The topological polar surface area (TPSA) is 55.6 Å². The number of nitrogens with zero attached hydrogens (tertiary/aromatic N) is 1. The van der Waals surface area contributed by atoms with Crippen LogP contribution in [0.2, 0.25) is 0 Å². The van der Waals surface area contributed by atoms with Crippen molar-refractivity contribution in [3.63, 3.8) is 0 Å². The van der Waals surface area contributed by atoms with Crippen molar-refractivity contribution in [3.8, 4) is 0 Å². The van der Waals surface area contributed by atoms with Gasteiger partial charge < -0.3 is 10.5 Å². The highest BCUT2D eigenvalue weighted by Gasteiger charge is 2.41. The fourth-order valence-electron chi connectivity index (χ4n) is 2.35. The molecule has 0 radical (unpaired) electrons. The molecule has 1 aliphatic heterocycles. The van der Waals surface area contributed by atoms with E-state index in [0.717, 1.165) is 24.1 Å². The molecule has 1 atom stereocenters. The monoisotopic (exact) mass is 248 g/mol. The number of benzene rings is 1. The number of ether oxygens (including phenoxy) is 1. The smallest absolute Gasteiger partial charge is 0.415 e. The molecule has 1 heterocycles. The normalized spacial score (nSPS) is 23.3. The Morgan fingerprint density at radius 2 is 2.17 bits per heavy atom. The number of anilines is 1. The molecule has 98 valence electrons. The van der Waals surface area contributed by atoms with Gasteiger partial charge in [0.2, 0.25) is 0 Å². The first-order chi connectivity index (χ1) is 8.56. The van der Waals surface area contributed by atoms with Gasteiger partial charge in [-0.1, -0.05) is 18.2 Å². The average molecular weight is 248 g/mol. The second-order valence-corrected chi connectivity index (χ2v) is 5.08. The van der Waals surface area contributed by atoms with Crippen molar-refractivity contribution in [2.24, 2.45) is 5.73 Å². The minimum Gasteiger partial charge on any atom is -0.441 e. The molecule has 2 rings (SSSR count). The van der Waals surface area contributed by atoms with E-state index in [1.807, 2.05) is 38.1 Å². The summed E-state index contributed by atoms with van der Waals surface area (Å²) in [5.41, 5.74) is 7.11. The molecule has 0 bridgehead atoms. The van der Waals surface area contributed by atoms with E-state index in [2.05, 4.69) is 0 Å². The van der Waals surface area contributed by atoms with Gasteiger partial charge in [0.25, 0.3) is 0 Å². The Labute approximate surface area is 108 Å². The maximum absolute atomic E-state index is 12.0. The first-order valence-corrected chi connectivity index (χ1v) is 6.32. The fourth-order valence-corrected chi connectivity index (χ4v) is 2.35. The molecule has 2 N–H and O–H groups in total. The highest BCUT2D eigenvalue weighted by Crippen LogP contribution is 2.32. The Morgan fingerprint density at radius 1 is 1.44 bits per heavy atom.